The van der Waals surface area contributed by atoms with Crippen molar-refractivity contribution in [3.8, 4) is 11.4 Å². The molecule has 0 bridgehead atoms. The van der Waals surface area contributed by atoms with Crippen molar-refractivity contribution in [3.63, 3.8) is 0 Å². The maximum atomic E-state index is 12.9. The predicted molar refractivity (Wildman–Crippen MR) is 118 cm³/mol. The number of rotatable bonds is 4. The molecule has 32 heavy (non-hydrogen) atoms. The van der Waals surface area contributed by atoms with Crippen LogP contribution in [0.5, 0.6) is 5.75 Å². The number of nitrogens with zero attached hydrogens (tertiary/aromatic N) is 3. The first-order valence-corrected chi connectivity index (χ1v) is 10.7. The Morgan fingerprint density at radius 2 is 2.00 bits per heavy atom. The van der Waals surface area contributed by atoms with Crippen molar-refractivity contribution < 1.29 is 19.4 Å². The van der Waals surface area contributed by atoms with Gasteiger partial charge in [0.1, 0.15) is 18.0 Å². The van der Waals surface area contributed by atoms with E-state index in [9.17, 15) is 14.7 Å². The zero-order valence-electron chi connectivity index (χ0n) is 17.5. The summed E-state index contributed by atoms with van der Waals surface area (Å²) < 4.78 is 7.88. The highest BCUT2D eigenvalue weighted by Crippen LogP contribution is 2.29. The zero-order chi connectivity index (χ0) is 22.1. The molecule has 2 aliphatic heterocycles. The lowest BCUT2D eigenvalue weighted by Crippen LogP contribution is -2.51. The molecule has 2 amide bonds. The van der Waals surface area contributed by atoms with E-state index in [1.54, 1.807) is 35.6 Å². The number of benzene rings is 2. The van der Waals surface area contributed by atoms with Gasteiger partial charge in [-0.15, -0.1) is 0 Å². The molecule has 0 aliphatic carbocycles. The third-order valence-corrected chi connectivity index (χ3v) is 5.99. The van der Waals surface area contributed by atoms with E-state index in [1.807, 2.05) is 35.0 Å². The second-order valence-corrected chi connectivity index (χ2v) is 8.15. The number of amides is 2. The van der Waals surface area contributed by atoms with Gasteiger partial charge in [-0.3, -0.25) is 9.59 Å². The fourth-order valence-corrected chi connectivity index (χ4v) is 4.20. The predicted octanol–water partition coefficient (Wildman–Crippen LogP) is 2.41. The lowest BCUT2D eigenvalue weighted by Gasteiger charge is -2.36. The molecule has 0 spiro atoms. The van der Waals surface area contributed by atoms with Gasteiger partial charge in [0, 0.05) is 54.8 Å². The third-order valence-electron chi connectivity index (χ3n) is 5.99. The number of aliphatic hydroxyl groups excluding tert-OH is 1. The Bertz CT molecular complexity index is 1130. The number of carbonyl (C=O) groups is 2. The second-order valence-electron chi connectivity index (χ2n) is 8.15. The summed E-state index contributed by atoms with van der Waals surface area (Å²) in [6, 6.07) is 12.9. The number of nitrogens with one attached hydrogen (secondary N) is 1. The molecule has 8 nitrogen and oxygen atoms in total. The number of anilines is 1. The van der Waals surface area contributed by atoms with E-state index in [-0.39, 0.29) is 18.4 Å². The van der Waals surface area contributed by atoms with E-state index in [2.05, 4.69) is 10.3 Å². The van der Waals surface area contributed by atoms with Gasteiger partial charge in [0.2, 0.25) is 5.91 Å². The SMILES string of the molecule is O=C1CCc2ccc(O[C@@H]3CCN(C(=O)c4ccc(-n5ccnc5)cc4)C[C@H]3O)cc2N1. The summed E-state index contributed by atoms with van der Waals surface area (Å²) in [5.41, 5.74) is 3.34. The van der Waals surface area contributed by atoms with E-state index in [0.717, 1.165) is 16.9 Å². The number of carbonyl (C=O) groups excluding carboxylic acids is 2. The number of aryl methyl sites for hydroxylation is 1. The molecule has 1 aromatic heterocycles. The molecule has 1 saturated heterocycles. The van der Waals surface area contributed by atoms with Crippen molar-refractivity contribution >= 4 is 17.5 Å². The molecule has 5 rings (SSSR count). The van der Waals surface area contributed by atoms with Crippen LogP contribution < -0.4 is 10.1 Å². The maximum Gasteiger partial charge on any atom is 0.253 e. The number of ether oxygens (including phenoxy) is 1. The number of imidazole rings is 1. The van der Waals surface area contributed by atoms with Gasteiger partial charge in [0.05, 0.1) is 12.9 Å². The van der Waals surface area contributed by atoms with Crippen molar-refractivity contribution in [1.29, 1.82) is 0 Å². The lowest BCUT2D eigenvalue weighted by atomic mass is 10.0. The summed E-state index contributed by atoms with van der Waals surface area (Å²) in [6.07, 6.45) is 5.75. The topological polar surface area (TPSA) is 96.7 Å². The van der Waals surface area contributed by atoms with E-state index >= 15 is 0 Å². The minimum Gasteiger partial charge on any atom is -0.488 e. The number of aromatic nitrogens is 2. The van der Waals surface area contributed by atoms with Crippen LogP contribution in [0.25, 0.3) is 5.69 Å². The molecule has 2 N–H and O–H groups in total. The molecule has 3 aromatic rings. The van der Waals surface area contributed by atoms with Crippen LogP contribution in [0.15, 0.2) is 61.2 Å². The van der Waals surface area contributed by atoms with Crippen molar-refractivity contribution in [3.05, 3.63) is 72.3 Å². The van der Waals surface area contributed by atoms with Crippen molar-refractivity contribution in [2.75, 3.05) is 18.4 Å². The number of fused-ring (bicyclic) bond motifs is 1. The van der Waals surface area contributed by atoms with E-state index < -0.39 is 12.2 Å². The normalized spacial score (nSPS) is 20.4. The first-order chi connectivity index (χ1) is 15.6. The first kappa shape index (κ1) is 20.3. The van der Waals surface area contributed by atoms with E-state index in [4.69, 9.17) is 4.74 Å². The highest BCUT2D eigenvalue weighted by atomic mass is 16.5. The summed E-state index contributed by atoms with van der Waals surface area (Å²) in [5, 5.41) is 13.5. The smallest absolute Gasteiger partial charge is 0.253 e. The monoisotopic (exact) mass is 432 g/mol. The number of aliphatic hydroxyl groups is 1. The molecule has 1 fully saturated rings. The van der Waals surface area contributed by atoms with Gasteiger partial charge in [-0.05, 0) is 42.3 Å². The first-order valence-electron chi connectivity index (χ1n) is 10.7. The molecule has 3 heterocycles. The number of β-amino-alcohol motifs (C(OH)–C–C–N with tert-alkyl or cyclic N) is 1. The van der Waals surface area contributed by atoms with Crippen LogP contribution in [-0.4, -0.2) is 56.7 Å². The third kappa shape index (κ3) is 4.09. The molecule has 0 radical (unpaired) electrons. The molecule has 0 unspecified atom stereocenters. The summed E-state index contributed by atoms with van der Waals surface area (Å²) in [5.74, 6) is 0.487. The van der Waals surface area contributed by atoms with Crippen LogP contribution in [0.4, 0.5) is 5.69 Å². The van der Waals surface area contributed by atoms with Crippen LogP contribution in [0.3, 0.4) is 0 Å². The average molecular weight is 432 g/mol. The van der Waals surface area contributed by atoms with Crippen molar-refractivity contribution in [2.45, 2.75) is 31.5 Å². The van der Waals surface area contributed by atoms with Crippen molar-refractivity contribution in [2.24, 2.45) is 0 Å². The molecular weight excluding hydrogens is 408 g/mol. The summed E-state index contributed by atoms with van der Waals surface area (Å²) in [6.45, 7) is 0.694. The standard InChI is InChI=1S/C24H24N4O4/c29-21-14-27(24(31)17-1-5-18(6-2-17)28-12-10-25-15-28)11-9-22(21)32-19-7-3-16-4-8-23(30)26-20(16)13-19/h1-3,5-7,10,12-13,15,21-22,29H,4,8-9,11,14H2,(H,26,30)/t21-,22-/m1/s1. The molecule has 0 saturated carbocycles. The van der Waals surface area contributed by atoms with E-state index in [0.29, 0.717) is 37.1 Å². The Balaban J connectivity index is 1.21. The number of piperidine rings is 1. The van der Waals surface area contributed by atoms with E-state index in [1.165, 1.54) is 0 Å². The van der Waals surface area contributed by atoms with Crippen LogP contribution in [0.1, 0.15) is 28.8 Å². The highest BCUT2D eigenvalue weighted by molar-refractivity contribution is 5.95. The molecule has 8 heteroatoms. The number of hydrogen-bond acceptors (Lipinski definition) is 5. The minimum absolute atomic E-state index is 0.000404. The Morgan fingerprint density at radius 1 is 1.16 bits per heavy atom. The van der Waals surface area contributed by atoms with Crippen LogP contribution in [0, 0.1) is 0 Å². The van der Waals surface area contributed by atoms with Crippen LogP contribution in [-0.2, 0) is 11.2 Å². The van der Waals surface area contributed by atoms with Gasteiger partial charge in [0.25, 0.3) is 5.91 Å². The minimum atomic E-state index is -0.802. The van der Waals surface area contributed by atoms with Crippen LogP contribution >= 0.6 is 0 Å². The van der Waals surface area contributed by atoms with Gasteiger partial charge in [-0.1, -0.05) is 6.07 Å². The lowest BCUT2D eigenvalue weighted by molar-refractivity contribution is -0.116. The number of hydrogen-bond donors (Lipinski definition) is 2. The Hall–Kier alpha value is -3.65. The largest absolute Gasteiger partial charge is 0.488 e. The molecule has 2 atom stereocenters. The fraction of sp³-hybridized carbons (Fsp3) is 0.292. The zero-order valence-corrected chi connectivity index (χ0v) is 17.5. The Kier molecular flexibility index (Phi) is 5.36. The maximum absolute atomic E-state index is 12.9. The van der Waals surface area contributed by atoms with Gasteiger partial charge in [0.15, 0.2) is 0 Å². The summed E-state index contributed by atoms with van der Waals surface area (Å²) in [4.78, 5) is 30.2. The summed E-state index contributed by atoms with van der Waals surface area (Å²) >= 11 is 0. The van der Waals surface area contributed by atoms with Gasteiger partial charge >= 0.3 is 0 Å². The van der Waals surface area contributed by atoms with Gasteiger partial charge < -0.3 is 24.6 Å². The quantitative estimate of drug-likeness (QED) is 0.660. The van der Waals surface area contributed by atoms with Crippen LogP contribution in [0.2, 0.25) is 0 Å². The second kappa shape index (κ2) is 8.47. The molecule has 2 aliphatic rings. The Morgan fingerprint density at radius 3 is 2.75 bits per heavy atom. The van der Waals surface area contributed by atoms with Gasteiger partial charge in [-0.2, -0.15) is 0 Å². The van der Waals surface area contributed by atoms with Gasteiger partial charge in [-0.25, -0.2) is 4.98 Å². The molecule has 2 aromatic carbocycles. The number of likely N-dealkylation sites (tertiary alicyclic amines) is 1. The fourth-order valence-electron chi connectivity index (χ4n) is 4.20. The van der Waals surface area contributed by atoms with Crippen molar-refractivity contribution in [1.82, 2.24) is 14.5 Å². The molecule has 164 valence electrons. The Labute approximate surface area is 185 Å². The highest BCUT2D eigenvalue weighted by Gasteiger charge is 2.32. The molecular formula is C24H24N4O4. The average Bonchev–Trinajstić information content (AvgIpc) is 3.35. The summed E-state index contributed by atoms with van der Waals surface area (Å²) in [7, 11) is 0.